The molecule has 2 fully saturated rings. The van der Waals surface area contributed by atoms with E-state index in [1.165, 1.54) is 0 Å². The Balaban J connectivity index is 1.52. The van der Waals surface area contributed by atoms with Gasteiger partial charge in [-0.15, -0.1) is 0 Å². The number of nitrogens with zero attached hydrogens (tertiary/aromatic N) is 2. The van der Waals surface area contributed by atoms with E-state index in [0.717, 1.165) is 49.8 Å². The molecular weight excluding hydrogens is 316 g/mol. The minimum absolute atomic E-state index is 0.0579. The van der Waals surface area contributed by atoms with E-state index in [4.69, 9.17) is 0 Å². The molecule has 2 aliphatic rings. The van der Waals surface area contributed by atoms with Gasteiger partial charge in [-0.3, -0.25) is 14.8 Å². The van der Waals surface area contributed by atoms with E-state index >= 15 is 0 Å². The summed E-state index contributed by atoms with van der Waals surface area (Å²) in [5.74, 6) is 0.794. The van der Waals surface area contributed by atoms with Crippen molar-refractivity contribution >= 4 is 16.9 Å². The number of rotatable bonds is 4. The Morgan fingerprint density at radius 1 is 1.12 bits per heavy atom. The van der Waals surface area contributed by atoms with Gasteiger partial charge in [-0.2, -0.15) is 0 Å². The zero-order chi connectivity index (χ0) is 17.2. The Morgan fingerprint density at radius 3 is 2.56 bits per heavy atom. The quantitative estimate of drug-likeness (QED) is 0.785. The molecule has 6 nitrogen and oxygen atoms in total. The van der Waals surface area contributed by atoms with Crippen LogP contribution in [0.2, 0.25) is 0 Å². The van der Waals surface area contributed by atoms with Crippen LogP contribution in [-0.4, -0.2) is 46.2 Å². The molecule has 1 saturated carbocycles. The third-order valence-electron chi connectivity index (χ3n) is 5.58. The highest BCUT2D eigenvalue weighted by molar-refractivity contribution is 5.97. The summed E-state index contributed by atoms with van der Waals surface area (Å²) in [6.45, 7) is 2.00. The molecule has 0 radical (unpaired) electrons. The van der Waals surface area contributed by atoms with E-state index in [2.05, 4.69) is 20.6 Å². The van der Waals surface area contributed by atoms with Crippen molar-refractivity contribution in [1.29, 1.82) is 0 Å². The molecule has 1 aliphatic heterocycles. The van der Waals surface area contributed by atoms with Crippen LogP contribution in [0.15, 0.2) is 30.6 Å². The number of benzene rings is 1. The van der Waals surface area contributed by atoms with Crippen molar-refractivity contribution in [3.63, 3.8) is 0 Å². The van der Waals surface area contributed by atoms with Crippen LogP contribution in [0.25, 0.3) is 11.0 Å². The van der Waals surface area contributed by atoms with Crippen molar-refractivity contribution in [2.75, 3.05) is 13.1 Å². The van der Waals surface area contributed by atoms with Gasteiger partial charge >= 0.3 is 0 Å². The molecule has 2 aromatic rings. The molecule has 2 heterocycles. The number of amides is 1. The zero-order valence-electron chi connectivity index (χ0n) is 14.2. The van der Waals surface area contributed by atoms with Gasteiger partial charge in [0.25, 0.3) is 5.91 Å². The molecule has 1 aliphatic carbocycles. The minimum atomic E-state index is -0.206. The maximum Gasteiger partial charge on any atom is 0.251 e. The first kappa shape index (κ1) is 16.4. The maximum absolute atomic E-state index is 12.8. The molecule has 1 amide bonds. The van der Waals surface area contributed by atoms with Gasteiger partial charge in [-0.25, -0.2) is 0 Å². The molecule has 6 heteroatoms. The number of aliphatic hydroxyl groups is 1. The monoisotopic (exact) mass is 340 g/mol. The van der Waals surface area contributed by atoms with Crippen LogP contribution in [0, 0.1) is 11.8 Å². The van der Waals surface area contributed by atoms with E-state index in [1.807, 2.05) is 6.07 Å². The van der Waals surface area contributed by atoms with Crippen LogP contribution >= 0.6 is 0 Å². The summed E-state index contributed by atoms with van der Waals surface area (Å²) in [5, 5.41) is 16.3. The van der Waals surface area contributed by atoms with Gasteiger partial charge < -0.3 is 15.7 Å². The largest absolute Gasteiger partial charge is 0.393 e. The SMILES string of the molecule is O=C(NC(C1CCNCC1)C1CC(O)C1)c1ccc2nccnc2c1. The van der Waals surface area contributed by atoms with Crippen molar-refractivity contribution in [2.24, 2.45) is 11.8 Å². The standard InChI is InChI=1S/C19H24N4O2/c24-15-9-14(10-15)18(12-3-5-20-6-4-12)23-19(25)13-1-2-16-17(11-13)22-8-7-21-16/h1-2,7-8,11-12,14-15,18,20,24H,3-6,9-10H2,(H,23,25). The van der Waals surface area contributed by atoms with E-state index in [1.54, 1.807) is 24.5 Å². The minimum Gasteiger partial charge on any atom is -0.393 e. The lowest BCUT2D eigenvalue weighted by molar-refractivity contribution is 0.00919. The molecule has 0 spiro atoms. The van der Waals surface area contributed by atoms with Gasteiger partial charge in [0.15, 0.2) is 0 Å². The first-order chi connectivity index (χ1) is 12.2. The lowest BCUT2D eigenvalue weighted by atomic mass is 9.71. The highest BCUT2D eigenvalue weighted by Gasteiger charge is 2.39. The molecule has 1 aromatic carbocycles. The third kappa shape index (κ3) is 3.50. The Hall–Kier alpha value is -2.05. The lowest BCUT2D eigenvalue weighted by Crippen LogP contribution is -2.52. The normalized spacial score (nSPS) is 25.3. The second-order valence-electron chi connectivity index (χ2n) is 7.23. The fourth-order valence-electron chi connectivity index (χ4n) is 4.09. The maximum atomic E-state index is 12.8. The third-order valence-corrected chi connectivity index (χ3v) is 5.58. The number of piperidine rings is 1. The predicted molar refractivity (Wildman–Crippen MR) is 95.1 cm³/mol. The summed E-state index contributed by atoms with van der Waals surface area (Å²) in [6, 6.07) is 5.58. The van der Waals surface area contributed by atoms with E-state index in [0.29, 0.717) is 17.4 Å². The van der Waals surface area contributed by atoms with Crippen molar-refractivity contribution in [3.05, 3.63) is 36.2 Å². The first-order valence-corrected chi connectivity index (χ1v) is 9.11. The zero-order valence-corrected chi connectivity index (χ0v) is 14.2. The lowest BCUT2D eigenvalue weighted by Gasteiger charge is -2.43. The van der Waals surface area contributed by atoms with Gasteiger partial charge in [0, 0.05) is 24.0 Å². The summed E-state index contributed by atoms with van der Waals surface area (Å²) in [6.07, 6.45) is 6.80. The fraction of sp³-hybridized carbons (Fsp3) is 0.526. The Bertz CT molecular complexity index is 754. The predicted octanol–water partition coefficient (Wildman–Crippen LogP) is 1.50. The Labute approximate surface area is 147 Å². The average Bonchev–Trinajstić information content (AvgIpc) is 2.64. The van der Waals surface area contributed by atoms with Gasteiger partial charge in [0.1, 0.15) is 0 Å². The molecule has 132 valence electrons. The van der Waals surface area contributed by atoms with Gasteiger partial charge in [0.2, 0.25) is 0 Å². The molecule has 1 aromatic heterocycles. The van der Waals surface area contributed by atoms with Crippen LogP contribution in [0.4, 0.5) is 0 Å². The number of hydrogen-bond donors (Lipinski definition) is 3. The second kappa shape index (κ2) is 7.06. The summed E-state index contributed by atoms with van der Waals surface area (Å²) >= 11 is 0. The molecular formula is C19H24N4O2. The fourth-order valence-corrected chi connectivity index (χ4v) is 4.09. The number of hydrogen-bond acceptors (Lipinski definition) is 5. The van der Waals surface area contributed by atoms with Crippen molar-refractivity contribution in [1.82, 2.24) is 20.6 Å². The number of aliphatic hydroxyl groups excluding tert-OH is 1. The van der Waals surface area contributed by atoms with Crippen molar-refractivity contribution in [2.45, 2.75) is 37.8 Å². The molecule has 0 bridgehead atoms. The van der Waals surface area contributed by atoms with Crippen LogP contribution in [-0.2, 0) is 0 Å². The number of fused-ring (bicyclic) bond motifs is 1. The molecule has 3 N–H and O–H groups in total. The van der Waals surface area contributed by atoms with E-state index in [-0.39, 0.29) is 18.1 Å². The van der Waals surface area contributed by atoms with Crippen LogP contribution in [0.3, 0.4) is 0 Å². The summed E-state index contributed by atoms with van der Waals surface area (Å²) in [5.41, 5.74) is 2.13. The van der Waals surface area contributed by atoms with Crippen LogP contribution in [0.5, 0.6) is 0 Å². The molecule has 1 atom stereocenters. The number of nitrogens with one attached hydrogen (secondary N) is 2. The summed E-state index contributed by atoms with van der Waals surface area (Å²) in [4.78, 5) is 21.4. The summed E-state index contributed by atoms with van der Waals surface area (Å²) in [7, 11) is 0. The summed E-state index contributed by atoms with van der Waals surface area (Å²) < 4.78 is 0. The number of aromatic nitrogens is 2. The van der Waals surface area contributed by atoms with Gasteiger partial charge in [0.05, 0.1) is 17.1 Å². The van der Waals surface area contributed by atoms with Crippen molar-refractivity contribution < 1.29 is 9.90 Å². The Kier molecular flexibility index (Phi) is 4.63. The van der Waals surface area contributed by atoms with E-state index < -0.39 is 0 Å². The highest BCUT2D eigenvalue weighted by Crippen LogP contribution is 2.36. The smallest absolute Gasteiger partial charge is 0.251 e. The second-order valence-corrected chi connectivity index (χ2v) is 7.23. The van der Waals surface area contributed by atoms with E-state index in [9.17, 15) is 9.90 Å². The average molecular weight is 340 g/mol. The molecule has 4 rings (SSSR count). The Morgan fingerprint density at radius 2 is 1.84 bits per heavy atom. The topological polar surface area (TPSA) is 87.1 Å². The number of carbonyl (C=O) groups excluding carboxylic acids is 1. The molecule has 25 heavy (non-hydrogen) atoms. The molecule has 1 saturated heterocycles. The highest BCUT2D eigenvalue weighted by atomic mass is 16.3. The first-order valence-electron chi connectivity index (χ1n) is 9.11. The van der Waals surface area contributed by atoms with Crippen LogP contribution in [0.1, 0.15) is 36.0 Å². The number of carbonyl (C=O) groups is 1. The van der Waals surface area contributed by atoms with Gasteiger partial charge in [-0.05, 0) is 68.8 Å². The molecule has 1 unspecified atom stereocenters. The van der Waals surface area contributed by atoms with Crippen LogP contribution < -0.4 is 10.6 Å². The van der Waals surface area contributed by atoms with Gasteiger partial charge in [-0.1, -0.05) is 0 Å². The van der Waals surface area contributed by atoms with Crippen molar-refractivity contribution in [3.8, 4) is 0 Å².